The Hall–Kier alpha value is -2.19. The first-order valence-corrected chi connectivity index (χ1v) is 8.27. The van der Waals surface area contributed by atoms with Gasteiger partial charge < -0.3 is 0 Å². The van der Waals surface area contributed by atoms with Crippen molar-refractivity contribution in [1.82, 2.24) is 0 Å². The fourth-order valence-corrected chi connectivity index (χ4v) is 2.91. The van der Waals surface area contributed by atoms with Crippen LogP contribution in [0, 0.1) is 12.8 Å². The van der Waals surface area contributed by atoms with E-state index in [0.29, 0.717) is 5.02 Å². The van der Waals surface area contributed by atoms with Gasteiger partial charge in [-0.2, -0.15) is 0 Å². The molecule has 2 aromatic carbocycles. The fraction of sp³-hybridized carbons (Fsp3) is 0.238. The summed E-state index contributed by atoms with van der Waals surface area (Å²) in [6.45, 7) is 4.96. The van der Waals surface area contributed by atoms with Crippen LogP contribution in [0.2, 0.25) is 5.02 Å². The minimum atomic E-state index is -0.670. The Morgan fingerprint density at radius 2 is 1.46 bits per heavy atom. The van der Waals surface area contributed by atoms with Gasteiger partial charge in [-0.25, -0.2) is 0 Å². The monoisotopic (exact) mass is 340 g/mol. The Morgan fingerprint density at radius 1 is 0.917 bits per heavy atom. The van der Waals surface area contributed by atoms with Crippen LogP contribution in [0.4, 0.5) is 0 Å². The summed E-state index contributed by atoms with van der Waals surface area (Å²) in [7, 11) is 0. The van der Waals surface area contributed by atoms with Gasteiger partial charge in [0.1, 0.15) is 11.6 Å². The molecule has 1 atom stereocenters. The molecule has 0 bridgehead atoms. The molecule has 0 saturated carbocycles. The molecule has 0 spiro atoms. The summed E-state index contributed by atoms with van der Waals surface area (Å²) >= 11 is 5.91. The lowest BCUT2D eigenvalue weighted by Crippen LogP contribution is -2.26. The first-order valence-electron chi connectivity index (χ1n) is 7.89. The van der Waals surface area contributed by atoms with E-state index in [1.54, 1.807) is 0 Å². The molecule has 0 N–H and O–H groups in total. The van der Waals surface area contributed by atoms with E-state index >= 15 is 0 Å². The van der Waals surface area contributed by atoms with E-state index in [2.05, 4.69) is 0 Å². The maximum absolute atomic E-state index is 12.1. The zero-order valence-corrected chi connectivity index (χ0v) is 14.9. The Morgan fingerprint density at radius 3 is 1.96 bits per heavy atom. The first-order chi connectivity index (χ1) is 11.4. The van der Waals surface area contributed by atoms with Crippen LogP contribution in [0.1, 0.15) is 36.5 Å². The zero-order chi connectivity index (χ0) is 17.7. The number of benzene rings is 2. The van der Waals surface area contributed by atoms with Crippen LogP contribution >= 0.6 is 11.6 Å². The quantitative estimate of drug-likeness (QED) is 0.674. The molecule has 0 amide bonds. The van der Waals surface area contributed by atoms with Crippen molar-refractivity contribution in [2.24, 2.45) is 5.92 Å². The summed E-state index contributed by atoms with van der Waals surface area (Å²) in [5.41, 5.74) is 3.07. The van der Waals surface area contributed by atoms with Gasteiger partial charge in [0.05, 0.1) is 5.92 Å². The zero-order valence-electron chi connectivity index (χ0n) is 14.1. The standard InChI is InChI=1S/C21H21ClO2/c1-14-4-9-18(10-5-14)20(21(15(2)23)16(3)24)13-8-17-6-11-19(22)12-7-17/h4-13,20-21H,1-3H3/b13-8+. The van der Waals surface area contributed by atoms with E-state index in [1.807, 2.05) is 67.6 Å². The van der Waals surface area contributed by atoms with Gasteiger partial charge in [0.15, 0.2) is 0 Å². The first kappa shape index (κ1) is 18.2. The van der Waals surface area contributed by atoms with Crippen molar-refractivity contribution in [2.75, 3.05) is 0 Å². The average Bonchev–Trinajstić information content (AvgIpc) is 2.53. The van der Waals surface area contributed by atoms with Gasteiger partial charge in [0.2, 0.25) is 0 Å². The molecule has 0 fully saturated rings. The summed E-state index contributed by atoms with van der Waals surface area (Å²) in [5.74, 6) is -1.19. The molecule has 0 heterocycles. The van der Waals surface area contributed by atoms with Crippen LogP contribution in [0.5, 0.6) is 0 Å². The summed E-state index contributed by atoms with van der Waals surface area (Å²) in [5, 5.41) is 0.674. The van der Waals surface area contributed by atoms with Crippen molar-refractivity contribution in [1.29, 1.82) is 0 Å². The Kier molecular flexibility index (Phi) is 6.10. The van der Waals surface area contributed by atoms with Gasteiger partial charge in [-0.3, -0.25) is 9.59 Å². The lowest BCUT2D eigenvalue weighted by atomic mass is 9.80. The molecule has 24 heavy (non-hydrogen) atoms. The molecule has 3 heteroatoms. The lowest BCUT2D eigenvalue weighted by Gasteiger charge is -2.21. The van der Waals surface area contributed by atoms with Crippen molar-refractivity contribution in [2.45, 2.75) is 26.7 Å². The molecule has 1 unspecified atom stereocenters. The molecule has 0 aliphatic heterocycles. The average molecular weight is 341 g/mol. The number of carbonyl (C=O) groups excluding carboxylic acids is 2. The van der Waals surface area contributed by atoms with Crippen LogP contribution in [0.3, 0.4) is 0 Å². The van der Waals surface area contributed by atoms with Gasteiger partial charge in [-0.05, 0) is 44.0 Å². The normalized spacial score (nSPS) is 12.5. The van der Waals surface area contributed by atoms with Crippen molar-refractivity contribution < 1.29 is 9.59 Å². The minimum absolute atomic E-state index is 0.117. The maximum atomic E-state index is 12.1. The molecule has 2 rings (SSSR count). The fourth-order valence-electron chi connectivity index (χ4n) is 2.78. The second kappa shape index (κ2) is 8.07. The largest absolute Gasteiger partial charge is 0.299 e. The van der Waals surface area contributed by atoms with Crippen LogP contribution < -0.4 is 0 Å². The van der Waals surface area contributed by atoms with Crippen LogP contribution in [0.15, 0.2) is 54.6 Å². The topological polar surface area (TPSA) is 34.1 Å². The highest BCUT2D eigenvalue weighted by Crippen LogP contribution is 2.29. The van der Waals surface area contributed by atoms with Crippen molar-refractivity contribution in [3.8, 4) is 0 Å². The molecule has 2 aromatic rings. The molecule has 0 saturated heterocycles. The smallest absolute Gasteiger partial charge is 0.141 e. The molecule has 0 aliphatic rings. The summed E-state index contributed by atoms with van der Waals surface area (Å²) in [6.07, 6.45) is 3.86. The van der Waals surface area contributed by atoms with Gasteiger partial charge in [-0.1, -0.05) is 65.7 Å². The maximum Gasteiger partial charge on any atom is 0.141 e. The lowest BCUT2D eigenvalue weighted by molar-refractivity contribution is -0.130. The van der Waals surface area contributed by atoms with E-state index in [0.717, 1.165) is 16.7 Å². The number of ketones is 2. The second-order valence-electron chi connectivity index (χ2n) is 6.05. The number of hydrogen-bond acceptors (Lipinski definition) is 2. The molecule has 124 valence electrons. The Bertz CT molecular complexity index is 728. The predicted octanol–water partition coefficient (Wildman–Crippen LogP) is 5.24. The number of Topliss-reactive ketones (excluding diaryl/α,β-unsaturated/α-hetero) is 2. The van der Waals surface area contributed by atoms with Gasteiger partial charge >= 0.3 is 0 Å². The molecular weight excluding hydrogens is 320 g/mol. The number of halogens is 1. The van der Waals surface area contributed by atoms with Gasteiger partial charge in [0, 0.05) is 10.9 Å². The van der Waals surface area contributed by atoms with E-state index in [9.17, 15) is 9.59 Å². The molecule has 0 aliphatic carbocycles. The summed E-state index contributed by atoms with van der Waals surface area (Å²) in [6, 6.07) is 15.4. The van der Waals surface area contributed by atoms with Gasteiger partial charge in [-0.15, -0.1) is 0 Å². The molecule has 0 radical (unpaired) electrons. The molecule has 0 aromatic heterocycles. The number of allylic oxidation sites excluding steroid dienone is 1. The van der Waals surface area contributed by atoms with Crippen molar-refractivity contribution >= 4 is 29.2 Å². The van der Waals surface area contributed by atoms with Crippen molar-refractivity contribution in [3.63, 3.8) is 0 Å². The third-order valence-electron chi connectivity index (χ3n) is 4.06. The Balaban J connectivity index is 2.41. The van der Waals surface area contributed by atoms with E-state index < -0.39 is 5.92 Å². The van der Waals surface area contributed by atoms with Crippen LogP contribution in [-0.2, 0) is 9.59 Å². The number of carbonyl (C=O) groups is 2. The molecular formula is C21H21ClO2. The minimum Gasteiger partial charge on any atom is -0.299 e. The highest BCUT2D eigenvalue weighted by Gasteiger charge is 2.29. The highest BCUT2D eigenvalue weighted by molar-refractivity contribution is 6.30. The second-order valence-corrected chi connectivity index (χ2v) is 6.48. The van der Waals surface area contributed by atoms with E-state index in [-0.39, 0.29) is 17.5 Å². The van der Waals surface area contributed by atoms with Crippen LogP contribution in [0.25, 0.3) is 6.08 Å². The van der Waals surface area contributed by atoms with Gasteiger partial charge in [0.25, 0.3) is 0 Å². The SMILES string of the molecule is CC(=O)C(C(C)=O)C(/C=C/c1ccc(Cl)cc1)c1ccc(C)cc1. The Labute approximate surface area is 148 Å². The summed E-state index contributed by atoms with van der Waals surface area (Å²) in [4.78, 5) is 24.1. The third kappa shape index (κ3) is 4.65. The van der Waals surface area contributed by atoms with Crippen molar-refractivity contribution in [3.05, 3.63) is 76.3 Å². The highest BCUT2D eigenvalue weighted by atomic mass is 35.5. The van der Waals surface area contributed by atoms with Crippen LogP contribution in [-0.4, -0.2) is 11.6 Å². The number of hydrogen-bond donors (Lipinski definition) is 0. The number of aryl methyl sites for hydroxylation is 1. The summed E-state index contributed by atoms with van der Waals surface area (Å²) < 4.78 is 0. The molecule has 2 nitrogen and oxygen atoms in total. The van der Waals surface area contributed by atoms with E-state index in [4.69, 9.17) is 11.6 Å². The predicted molar refractivity (Wildman–Crippen MR) is 99.3 cm³/mol. The third-order valence-corrected chi connectivity index (χ3v) is 4.32. The number of rotatable bonds is 6. The van der Waals surface area contributed by atoms with E-state index in [1.165, 1.54) is 13.8 Å².